The highest BCUT2D eigenvalue weighted by molar-refractivity contribution is 5.90. The van der Waals surface area contributed by atoms with Crippen LogP contribution in [0.2, 0.25) is 0 Å². The summed E-state index contributed by atoms with van der Waals surface area (Å²) in [7, 11) is 0. The van der Waals surface area contributed by atoms with Crippen LogP contribution in [0.3, 0.4) is 0 Å². The van der Waals surface area contributed by atoms with Crippen LogP contribution in [0, 0.1) is 6.92 Å². The van der Waals surface area contributed by atoms with Gasteiger partial charge in [0.2, 0.25) is 0 Å². The minimum Gasteiger partial charge on any atom is -0.367 e. The number of benzene rings is 1. The molecule has 0 unspecified atom stereocenters. The number of hydrogen-bond acceptors (Lipinski definition) is 5. The molecule has 138 valence electrons. The Morgan fingerprint density at radius 2 is 1.78 bits per heavy atom. The van der Waals surface area contributed by atoms with E-state index in [2.05, 4.69) is 35.4 Å². The second kappa shape index (κ2) is 7.84. The highest BCUT2D eigenvalue weighted by atomic mass is 15.1. The van der Waals surface area contributed by atoms with E-state index in [1.807, 2.05) is 24.3 Å². The van der Waals surface area contributed by atoms with Gasteiger partial charge in [-0.05, 0) is 68.5 Å². The zero-order valence-corrected chi connectivity index (χ0v) is 15.6. The van der Waals surface area contributed by atoms with Crippen LogP contribution in [0.1, 0.15) is 42.6 Å². The monoisotopic (exact) mass is 359 g/mol. The summed E-state index contributed by atoms with van der Waals surface area (Å²) >= 11 is 0. The fraction of sp³-hybridized carbons (Fsp3) is 0.318. The van der Waals surface area contributed by atoms with Gasteiger partial charge in [0.15, 0.2) is 5.82 Å². The molecule has 0 amide bonds. The van der Waals surface area contributed by atoms with Crippen molar-refractivity contribution in [3.63, 3.8) is 0 Å². The maximum atomic E-state index is 6.05. The maximum absolute atomic E-state index is 6.05. The number of hydrogen-bond donors (Lipinski definition) is 2. The smallest absolute Gasteiger partial charge is 0.154 e. The Kier molecular flexibility index (Phi) is 5.12. The minimum atomic E-state index is 0.339. The molecule has 2 heterocycles. The lowest BCUT2D eigenvalue weighted by Crippen LogP contribution is -2.33. The second-order valence-corrected chi connectivity index (χ2v) is 7.32. The van der Waals surface area contributed by atoms with E-state index < -0.39 is 0 Å². The second-order valence-electron chi connectivity index (χ2n) is 7.32. The van der Waals surface area contributed by atoms with Gasteiger partial charge in [0, 0.05) is 29.9 Å². The van der Waals surface area contributed by atoms with Gasteiger partial charge in [-0.25, -0.2) is 9.97 Å². The van der Waals surface area contributed by atoms with Crippen LogP contribution >= 0.6 is 0 Å². The van der Waals surface area contributed by atoms with Crippen molar-refractivity contribution in [1.29, 1.82) is 0 Å². The standard InChI is InChI=1S/C22H25N5/c1-15-2-8-20-19(14-15)22(25-18-6-4-17(23)5-7-18)27-21(26-20)9-3-16-10-12-24-13-11-16/h2-3,8-14,17-18H,4-7,23H2,1H3,(H,25,26,27)/b9-3-. The molecule has 27 heavy (non-hydrogen) atoms. The Morgan fingerprint density at radius 1 is 1.00 bits per heavy atom. The van der Waals surface area contributed by atoms with E-state index in [-0.39, 0.29) is 0 Å². The fourth-order valence-electron chi connectivity index (χ4n) is 3.55. The highest BCUT2D eigenvalue weighted by Gasteiger charge is 2.19. The van der Waals surface area contributed by atoms with E-state index in [1.165, 1.54) is 5.56 Å². The first-order chi connectivity index (χ1) is 13.2. The Bertz CT molecular complexity index is 944. The van der Waals surface area contributed by atoms with Crippen molar-refractivity contribution in [2.45, 2.75) is 44.7 Å². The van der Waals surface area contributed by atoms with Gasteiger partial charge in [0.1, 0.15) is 5.82 Å². The molecule has 0 radical (unpaired) electrons. The van der Waals surface area contributed by atoms with E-state index in [4.69, 9.17) is 15.7 Å². The number of aromatic nitrogens is 3. The summed E-state index contributed by atoms with van der Waals surface area (Å²) in [6.07, 6.45) is 11.8. The summed E-state index contributed by atoms with van der Waals surface area (Å²) in [5.41, 5.74) is 9.30. The molecular formula is C22H25N5. The van der Waals surface area contributed by atoms with Crippen molar-refractivity contribution in [2.24, 2.45) is 5.73 Å². The Balaban J connectivity index is 1.67. The Hall–Kier alpha value is -2.79. The first-order valence-electron chi connectivity index (χ1n) is 9.56. The predicted octanol–water partition coefficient (Wildman–Crippen LogP) is 4.19. The van der Waals surface area contributed by atoms with Gasteiger partial charge in [-0.1, -0.05) is 17.7 Å². The third-order valence-corrected chi connectivity index (χ3v) is 5.11. The minimum absolute atomic E-state index is 0.339. The molecule has 0 bridgehead atoms. The lowest BCUT2D eigenvalue weighted by Gasteiger charge is -2.27. The number of rotatable bonds is 4. The molecular weight excluding hydrogens is 334 g/mol. The first-order valence-corrected chi connectivity index (χ1v) is 9.56. The number of aryl methyl sites for hydroxylation is 1. The zero-order valence-electron chi connectivity index (χ0n) is 15.6. The summed E-state index contributed by atoms with van der Waals surface area (Å²) in [5, 5.41) is 4.73. The molecule has 1 aliphatic carbocycles. The van der Waals surface area contributed by atoms with Gasteiger partial charge in [-0.15, -0.1) is 0 Å². The van der Waals surface area contributed by atoms with Gasteiger partial charge in [0.05, 0.1) is 5.52 Å². The summed E-state index contributed by atoms with van der Waals surface area (Å²) in [6, 6.07) is 11.0. The number of pyridine rings is 1. The molecule has 3 aromatic rings. The molecule has 3 N–H and O–H groups in total. The predicted molar refractivity (Wildman–Crippen MR) is 111 cm³/mol. The van der Waals surface area contributed by atoms with E-state index in [0.29, 0.717) is 17.9 Å². The lowest BCUT2D eigenvalue weighted by atomic mass is 9.92. The first kappa shape index (κ1) is 17.6. The fourth-order valence-corrected chi connectivity index (χ4v) is 3.55. The average molecular weight is 359 g/mol. The molecule has 1 saturated carbocycles. The van der Waals surface area contributed by atoms with Crippen molar-refractivity contribution in [3.05, 3.63) is 59.7 Å². The summed E-state index contributed by atoms with van der Waals surface area (Å²) in [6.45, 7) is 2.10. The molecule has 4 rings (SSSR count). The topological polar surface area (TPSA) is 76.7 Å². The van der Waals surface area contributed by atoms with Crippen LogP contribution in [-0.2, 0) is 0 Å². The quantitative estimate of drug-likeness (QED) is 0.730. The molecule has 1 aliphatic rings. The van der Waals surface area contributed by atoms with Gasteiger partial charge in [-0.2, -0.15) is 0 Å². The number of nitrogens with one attached hydrogen (secondary N) is 1. The zero-order chi connectivity index (χ0) is 18.6. The van der Waals surface area contributed by atoms with Crippen molar-refractivity contribution >= 4 is 28.9 Å². The molecule has 0 atom stereocenters. The normalized spacial score (nSPS) is 20.2. The van der Waals surface area contributed by atoms with E-state index >= 15 is 0 Å². The van der Waals surface area contributed by atoms with Gasteiger partial charge in [-0.3, -0.25) is 4.98 Å². The molecule has 0 aliphatic heterocycles. The summed E-state index contributed by atoms with van der Waals surface area (Å²) < 4.78 is 0. The molecule has 1 fully saturated rings. The van der Waals surface area contributed by atoms with Crippen LogP contribution in [-0.4, -0.2) is 27.0 Å². The van der Waals surface area contributed by atoms with Crippen LogP contribution < -0.4 is 11.1 Å². The molecule has 0 saturated heterocycles. The average Bonchev–Trinajstić information content (AvgIpc) is 2.69. The van der Waals surface area contributed by atoms with Crippen LogP contribution in [0.5, 0.6) is 0 Å². The van der Waals surface area contributed by atoms with Crippen molar-refractivity contribution in [1.82, 2.24) is 15.0 Å². The maximum Gasteiger partial charge on any atom is 0.154 e. The Labute approximate surface area is 159 Å². The summed E-state index contributed by atoms with van der Waals surface area (Å²) in [4.78, 5) is 13.6. The lowest BCUT2D eigenvalue weighted by molar-refractivity contribution is 0.410. The van der Waals surface area contributed by atoms with Gasteiger partial charge < -0.3 is 11.1 Å². The van der Waals surface area contributed by atoms with E-state index in [1.54, 1.807) is 12.4 Å². The highest BCUT2D eigenvalue weighted by Crippen LogP contribution is 2.26. The third-order valence-electron chi connectivity index (χ3n) is 5.11. The molecule has 5 heteroatoms. The molecule has 0 spiro atoms. The van der Waals surface area contributed by atoms with Crippen LogP contribution in [0.25, 0.3) is 23.1 Å². The van der Waals surface area contributed by atoms with Gasteiger partial charge >= 0.3 is 0 Å². The van der Waals surface area contributed by atoms with E-state index in [9.17, 15) is 0 Å². The van der Waals surface area contributed by atoms with Crippen LogP contribution in [0.4, 0.5) is 5.82 Å². The van der Waals surface area contributed by atoms with Crippen molar-refractivity contribution < 1.29 is 0 Å². The Morgan fingerprint density at radius 3 is 2.56 bits per heavy atom. The summed E-state index contributed by atoms with van der Waals surface area (Å²) in [5.74, 6) is 1.62. The SMILES string of the molecule is Cc1ccc2nc(/C=C\c3ccncc3)nc(NC3CCC(N)CC3)c2c1. The molecule has 2 aromatic heterocycles. The van der Waals surface area contributed by atoms with Crippen molar-refractivity contribution in [2.75, 3.05) is 5.32 Å². The van der Waals surface area contributed by atoms with Crippen LogP contribution in [0.15, 0.2) is 42.7 Å². The van der Waals surface area contributed by atoms with Gasteiger partial charge in [0.25, 0.3) is 0 Å². The number of anilines is 1. The number of fused-ring (bicyclic) bond motifs is 1. The third kappa shape index (κ3) is 4.31. The molecule has 1 aromatic carbocycles. The molecule has 5 nitrogen and oxygen atoms in total. The largest absolute Gasteiger partial charge is 0.367 e. The van der Waals surface area contributed by atoms with Crippen molar-refractivity contribution in [3.8, 4) is 0 Å². The number of nitrogens with zero attached hydrogens (tertiary/aromatic N) is 3. The number of nitrogens with two attached hydrogens (primary N) is 1. The van der Waals surface area contributed by atoms with E-state index in [0.717, 1.165) is 48.0 Å².